The fraction of sp³-hybridized carbons (Fsp3) is 0.429. The molecule has 1 amide bonds. The number of rotatable bonds is 6. The maximum Gasteiger partial charge on any atom is 0.326 e. The summed E-state index contributed by atoms with van der Waals surface area (Å²) >= 11 is 0. The number of ether oxygens (including phenoxy) is 2. The molecule has 1 aromatic rings. The summed E-state index contributed by atoms with van der Waals surface area (Å²) in [6.45, 7) is 0.545. The van der Waals surface area contributed by atoms with Crippen LogP contribution < -0.4 is 9.47 Å². The van der Waals surface area contributed by atoms with E-state index >= 15 is 0 Å². The molecule has 6 nitrogen and oxygen atoms in total. The van der Waals surface area contributed by atoms with Crippen molar-refractivity contribution in [1.82, 2.24) is 4.90 Å². The lowest BCUT2D eigenvalue weighted by molar-refractivity contribution is -0.146. The zero-order chi connectivity index (χ0) is 14.5. The van der Waals surface area contributed by atoms with E-state index in [1.165, 1.54) is 4.90 Å². The van der Waals surface area contributed by atoms with Crippen molar-refractivity contribution in [1.29, 1.82) is 0 Å². The molecule has 1 aromatic carbocycles. The smallest absolute Gasteiger partial charge is 0.326 e. The van der Waals surface area contributed by atoms with Gasteiger partial charge in [-0.15, -0.1) is 0 Å². The number of carboxylic acid groups (broad SMARTS) is 1. The number of carbonyl (C=O) groups excluding carboxylic acids is 1. The van der Waals surface area contributed by atoms with Gasteiger partial charge in [-0.05, 0) is 30.7 Å². The second kappa shape index (κ2) is 6.27. The van der Waals surface area contributed by atoms with Gasteiger partial charge in [0.1, 0.15) is 24.1 Å². The Morgan fingerprint density at radius 2 is 2.00 bits per heavy atom. The highest BCUT2D eigenvalue weighted by Gasteiger charge is 2.35. The third-order valence-electron chi connectivity index (χ3n) is 3.27. The number of benzene rings is 1. The number of carbonyl (C=O) groups is 2. The molecule has 2 rings (SSSR count). The SMILES string of the molecule is COc1ccc(OCCN2C(=O)CCC2C(=O)O)cc1. The van der Waals surface area contributed by atoms with Crippen molar-refractivity contribution < 1.29 is 24.2 Å². The minimum Gasteiger partial charge on any atom is -0.497 e. The van der Waals surface area contributed by atoms with Crippen LogP contribution in [0.1, 0.15) is 12.8 Å². The van der Waals surface area contributed by atoms with E-state index in [0.717, 1.165) is 5.75 Å². The molecule has 1 aliphatic heterocycles. The van der Waals surface area contributed by atoms with Crippen molar-refractivity contribution in [2.75, 3.05) is 20.3 Å². The zero-order valence-electron chi connectivity index (χ0n) is 11.2. The van der Waals surface area contributed by atoms with E-state index < -0.39 is 12.0 Å². The molecule has 0 aliphatic carbocycles. The lowest BCUT2D eigenvalue weighted by Gasteiger charge is -2.21. The molecule has 0 radical (unpaired) electrons. The number of carboxylic acids is 1. The van der Waals surface area contributed by atoms with Crippen molar-refractivity contribution in [3.63, 3.8) is 0 Å². The molecule has 6 heteroatoms. The van der Waals surface area contributed by atoms with Crippen molar-refractivity contribution in [2.24, 2.45) is 0 Å². The third kappa shape index (κ3) is 3.20. The molecule has 1 fully saturated rings. The van der Waals surface area contributed by atoms with Crippen LogP contribution in [0.2, 0.25) is 0 Å². The van der Waals surface area contributed by atoms with E-state index in [1.807, 2.05) is 0 Å². The van der Waals surface area contributed by atoms with E-state index in [4.69, 9.17) is 14.6 Å². The van der Waals surface area contributed by atoms with Gasteiger partial charge in [-0.2, -0.15) is 0 Å². The number of aliphatic carboxylic acids is 1. The van der Waals surface area contributed by atoms with Gasteiger partial charge < -0.3 is 19.5 Å². The second-order valence-electron chi connectivity index (χ2n) is 4.50. The summed E-state index contributed by atoms with van der Waals surface area (Å²) < 4.78 is 10.5. The number of hydrogen-bond acceptors (Lipinski definition) is 4. The van der Waals surface area contributed by atoms with E-state index in [1.54, 1.807) is 31.4 Å². The molecule has 20 heavy (non-hydrogen) atoms. The lowest BCUT2D eigenvalue weighted by Crippen LogP contribution is -2.40. The summed E-state index contributed by atoms with van der Waals surface area (Å²) in [6, 6.07) is 6.35. The Morgan fingerprint density at radius 1 is 1.35 bits per heavy atom. The van der Waals surface area contributed by atoms with Gasteiger partial charge in [0.25, 0.3) is 0 Å². The first-order valence-corrected chi connectivity index (χ1v) is 6.41. The number of likely N-dealkylation sites (tertiary alicyclic amines) is 1. The van der Waals surface area contributed by atoms with Gasteiger partial charge in [0, 0.05) is 6.42 Å². The first kappa shape index (κ1) is 14.2. The Balaban J connectivity index is 1.85. The van der Waals surface area contributed by atoms with Crippen LogP contribution in [-0.2, 0) is 9.59 Å². The maximum atomic E-state index is 11.6. The average Bonchev–Trinajstić information content (AvgIpc) is 2.81. The van der Waals surface area contributed by atoms with Crippen LogP contribution in [0.15, 0.2) is 24.3 Å². The van der Waals surface area contributed by atoms with Crippen LogP contribution in [0.5, 0.6) is 11.5 Å². The van der Waals surface area contributed by atoms with E-state index in [-0.39, 0.29) is 19.1 Å². The largest absolute Gasteiger partial charge is 0.497 e. The quantitative estimate of drug-likeness (QED) is 0.845. The predicted molar refractivity (Wildman–Crippen MR) is 70.9 cm³/mol. The number of nitrogens with zero attached hydrogens (tertiary/aromatic N) is 1. The molecule has 1 unspecified atom stereocenters. The summed E-state index contributed by atoms with van der Waals surface area (Å²) in [4.78, 5) is 24.0. The van der Waals surface area contributed by atoms with Crippen LogP contribution in [0.4, 0.5) is 0 Å². The van der Waals surface area contributed by atoms with Gasteiger partial charge >= 0.3 is 5.97 Å². The summed E-state index contributed by atoms with van der Waals surface area (Å²) in [5.41, 5.74) is 0. The van der Waals surface area contributed by atoms with Gasteiger partial charge in [0.05, 0.1) is 13.7 Å². The number of methoxy groups -OCH3 is 1. The molecule has 0 aromatic heterocycles. The highest BCUT2D eigenvalue weighted by Crippen LogP contribution is 2.20. The minimum absolute atomic E-state index is 0.129. The molecular formula is C14H17NO5. The monoisotopic (exact) mass is 279 g/mol. The summed E-state index contributed by atoms with van der Waals surface area (Å²) in [7, 11) is 1.58. The zero-order valence-corrected chi connectivity index (χ0v) is 11.2. The first-order chi connectivity index (χ1) is 9.61. The Hall–Kier alpha value is -2.24. The fourth-order valence-electron chi connectivity index (χ4n) is 2.20. The molecule has 108 valence electrons. The van der Waals surface area contributed by atoms with Crippen molar-refractivity contribution in [3.8, 4) is 11.5 Å². The van der Waals surface area contributed by atoms with Crippen molar-refractivity contribution in [2.45, 2.75) is 18.9 Å². The van der Waals surface area contributed by atoms with E-state index in [2.05, 4.69) is 0 Å². The summed E-state index contributed by atoms with van der Waals surface area (Å²) in [6.07, 6.45) is 0.663. The van der Waals surface area contributed by atoms with Crippen LogP contribution in [0.25, 0.3) is 0 Å². The highest BCUT2D eigenvalue weighted by atomic mass is 16.5. The van der Waals surface area contributed by atoms with Crippen LogP contribution in [-0.4, -0.2) is 48.2 Å². The molecule has 1 saturated heterocycles. The van der Waals surface area contributed by atoms with E-state index in [0.29, 0.717) is 18.6 Å². The molecule has 0 bridgehead atoms. The number of amides is 1. The standard InChI is InChI=1S/C14H17NO5/c1-19-10-2-4-11(5-3-10)20-9-8-15-12(14(17)18)6-7-13(15)16/h2-5,12H,6-9H2,1H3,(H,17,18). The summed E-state index contributed by atoms with van der Waals surface area (Å²) in [5.74, 6) is 0.304. The van der Waals surface area contributed by atoms with E-state index in [9.17, 15) is 9.59 Å². The van der Waals surface area contributed by atoms with Gasteiger partial charge in [0.15, 0.2) is 0 Å². The first-order valence-electron chi connectivity index (χ1n) is 6.41. The molecule has 0 saturated carbocycles. The molecule has 1 N–H and O–H groups in total. The second-order valence-corrected chi connectivity index (χ2v) is 4.50. The number of hydrogen-bond donors (Lipinski definition) is 1. The molecular weight excluding hydrogens is 262 g/mol. The topological polar surface area (TPSA) is 76.1 Å². The lowest BCUT2D eigenvalue weighted by atomic mass is 10.2. The van der Waals surface area contributed by atoms with Gasteiger partial charge in [-0.3, -0.25) is 4.79 Å². The van der Waals surface area contributed by atoms with Crippen molar-refractivity contribution in [3.05, 3.63) is 24.3 Å². The van der Waals surface area contributed by atoms with Gasteiger partial charge in [-0.1, -0.05) is 0 Å². The molecule has 1 atom stereocenters. The Morgan fingerprint density at radius 3 is 2.60 bits per heavy atom. The minimum atomic E-state index is -0.958. The van der Waals surface area contributed by atoms with Crippen LogP contribution in [0.3, 0.4) is 0 Å². The molecule has 1 heterocycles. The normalized spacial score (nSPS) is 18.1. The molecule has 1 aliphatic rings. The van der Waals surface area contributed by atoms with Gasteiger partial charge in [-0.25, -0.2) is 4.79 Å². The van der Waals surface area contributed by atoms with Crippen LogP contribution >= 0.6 is 0 Å². The van der Waals surface area contributed by atoms with Gasteiger partial charge in [0.2, 0.25) is 5.91 Å². The Kier molecular flexibility index (Phi) is 4.45. The predicted octanol–water partition coefficient (Wildman–Crippen LogP) is 1.15. The average molecular weight is 279 g/mol. The third-order valence-corrected chi connectivity index (χ3v) is 3.27. The van der Waals surface area contributed by atoms with Crippen LogP contribution in [0, 0.1) is 0 Å². The maximum absolute atomic E-state index is 11.6. The Labute approximate surface area is 116 Å². The molecule has 0 spiro atoms. The Bertz CT molecular complexity index is 485. The highest BCUT2D eigenvalue weighted by molar-refractivity contribution is 5.87. The summed E-state index contributed by atoms with van der Waals surface area (Å²) in [5, 5.41) is 9.03. The fourth-order valence-corrected chi connectivity index (χ4v) is 2.20. The van der Waals surface area contributed by atoms with Crippen molar-refractivity contribution >= 4 is 11.9 Å².